The number of nitro groups is 1. The van der Waals surface area contributed by atoms with Gasteiger partial charge in [0.1, 0.15) is 11.3 Å². The molecule has 0 spiro atoms. The Morgan fingerprint density at radius 2 is 1.95 bits per heavy atom. The SMILES string of the molecule is O=[N+]([O-])c1ccccc1-c1nc(-c2cccc(O)c2)no1. The van der Waals surface area contributed by atoms with Gasteiger partial charge in [-0.3, -0.25) is 10.1 Å². The molecule has 7 nitrogen and oxygen atoms in total. The van der Waals surface area contributed by atoms with Crippen molar-refractivity contribution in [1.29, 1.82) is 0 Å². The van der Waals surface area contributed by atoms with Crippen molar-refractivity contribution in [3.63, 3.8) is 0 Å². The molecule has 1 N–H and O–H groups in total. The van der Waals surface area contributed by atoms with Crippen LogP contribution in [-0.2, 0) is 0 Å². The first-order valence-electron chi connectivity index (χ1n) is 6.02. The van der Waals surface area contributed by atoms with Crippen LogP contribution < -0.4 is 0 Å². The van der Waals surface area contributed by atoms with Gasteiger partial charge in [0.15, 0.2) is 0 Å². The fourth-order valence-electron chi connectivity index (χ4n) is 1.91. The van der Waals surface area contributed by atoms with E-state index in [1.165, 1.54) is 24.3 Å². The largest absolute Gasteiger partial charge is 0.508 e. The molecular formula is C14H9N3O4. The molecule has 1 aromatic heterocycles. The maximum absolute atomic E-state index is 11.0. The number of hydrogen-bond donors (Lipinski definition) is 1. The topological polar surface area (TPSA) is 102 Å². The fourth-order valence-corrected chi connectivity index (χ4v) is 1.91. The summed E-state index contributed by atoms with van der Waals surface area (Å²) in [5.41, 5.74) is 0.702. The van der Waals surface area contributed by atoms with E-state index in [0.29, 0.717) is 5.56 Å². The van der Waals surface area contributed by atoms with Crippen molar-refractivity contribution in [2.24, 2.45) is 0 Å². The van der Waals surface area contributed by atoms with Gasteiger partial charge >= 0.3 is 0 Å². The number of benzene rings is 2. The van der Waals surface area contributed by atoms with E-state index in [9.17, 15) is 15.2 Å². The third kappa shape index (κ3) is 2.44. The highest BCUT2D eigenvalue weighted by atomic mass is 16.6. The zero-order valence-electron chi connectivity index (χ0n) is 10.6. The van der Waals surface area contributed by atoms with Gasteiger partial charge in [0.25, 0.3) is 11.6 Å². The summed E-state index contributed by atoms with van der Waals surface area (Å²) < 4.78 is 5.09. The monoisotopic (exact) mass is 283 g/mol. The Morgan fingerprint density at radius 1 is 1.14 bits per heavy atom. The Balaban J connectivity index is 2.05. The summed E-state index contributed by atoms with van der Waals surface area (Å²) in [6.45, 7) is 0. The molecular weight excluding hydrogens is 274 g/mol. The fraction of sp³-hybridized carbons (Fsp3) is 0. The molecule has 0 radical (unpaired) electrons. The third-order valence-electron chi connectivity index (χ3n) is 2.86. The quantitative estimate of drug-likeness (QED) is 0.585. The Morgan fingerprint density at radius 3 is 2.71 bits per heavy atom. The van der Waals surface area contributed by atoms with Crippen LogP contribution in [0.2, 0.25) is 0 Å². The number of hydrogen-bond acceptors (Lipinski definition) is 6. The summed E-state index contributed by atoms with van der Waals surface area (Å²) in [7, 11) is 0. The van der Waals surface area contributed by atoms with Crippen LogP contribution in [0.4, 0.5) is 5.69 Å². The zero-order valence-corrected chi connectivity index (χ0v) is 10.6. The number of nitro benzene ring substituents is 1. The highest BCUT2D eigenvalue weighted by molar-refractivity contribution is 5.68. The first-order chi connectivity index (χ1) is 10.1. The van der Waals surface area contributed by atoms with Gasteiger partial charge in [0.05, 0.1) is 4.92 Å². The first-order valence-corrected chi connectivity index (χ1v) is 6.02. The van der Waals surface area contributed by atoms with Crippen LogP contribution in [0.15, 0.2) is 53.1 Å². The van der Waals surface area contributed by atoms with Gasteiger partial charge in [-0.15, -0.1) is 0 Å². The second-order valence-electron chi connectivity index (χ2n) is 4.25. The molecule has 104 valence electrons. The minimum Gasteiger partial charge on any atom is -0.508 e. The van der Waals surface area contributed by atoms with E-state index in [-0.39, 0.29) is 28.7 Å². The summed E-state index contributed by atoms with van der Waals surface area (Å²) in [4.78, 5) is 14.6. The molecule has 7 heteroatoms. The highest BCUT2D eigenvalue weighted by Crippen LogP contribution is 2.30. The minimum absolute atomic E-state index is 0.0562. The molecule has 1 heterocycles. The predicted octanol–water partition coefficient (Wildman–Crippen LogP) is 3.02. The normalized spacial score (nSPS) is 10.5. The number of para-hydroxylation sites is 1. The highest BCUT2D eigenvalue weighted by Gasteiger charge is 2.20. The molecule has 0 aliphatic rings. The standard InChI is InChI=1S/C14H9N3O4/c18-10-5-3-4-9(8-10)13-15-14(21-16-13)11-6-1-2-7-12(11)17(19)20/h1-8,18H. The van der Waals surface area contributed by atoms with Crippen molar-refractivity contribution in [1.82, 2.24) is 10.1 Å². The van der Waals surface area contributed by atoms with E-state index in [1.807, 2.05) is 0 Å². The Kier molecular flexibility index (Phi) is 3.07. The van der Waals surface area contributed by atoms with Crippen LogP contribution in [0.5, 0.6) is 5.75 Å². The number of rotatable bonds is 3. The van der Waals surface area contributed by atoms with E-state index in [4.69, 9.17) is 4.52 Å². The van der Waals surface area contributed by atoms with Crippen molar-refractivity contribution in [3.8, 4) is 28.6 Å². The molecule has 2 aromatic carbocycles. The molecule has 3 rings (SSSR count). The Hall–Kier alpha value is -3.22. The second kappa shape index (κ2) is 5.04. The number of aromatic hydroxyl groups is 1. The summed E-state index contributed by atoms with van der Waals surface area (Å²) in [5.74, 6) is 0.379. The smallest absolute Gasteiger partial charge is 0.282 e. The van der Waals surface area contributed by atoms with Gasteiger partial charge in [-0.25, -0.2) is 0 Å². The van der Waals surface area contributed by atoms with Gasteiger partial charge in [-0.1, -0.05) is 29.4 Å². The number of phenolic OH excluding ortho intramolecular Hbond substituents is 1. The Labute approximate surface area is 118 Å². The van der Waals surface area contributed by atoms with Gasteiger partial charge in [-0.05, 0) is 18.2 Å². The first kappa shape index (κ1) is 12.8. The van der Waals surface area contributed by atoms with E-state index in [2.05, 4.69) is 10.1 Å². The minimum atomic E-state index is -0.506. The van der Waals surface area contributed by atoms with Gasteiger partial charge in [0.2, 0.25) is 5.82 Å². The third-order valence-corrected chi connectivity index (χ3v) is 2.86. The molecule has 21 heavy (non-hydrogen) atoms. The number of aromatic nitrogens is 2. The summed E-state index contributed by atoms with van der Waals surface area (Å²) in [6.07, 6.45) is 0. The zero-order chi connectivity index (χ0) is 14.8. The van der Waals surface area contributed by atoms with Crippen LogP contribution in [0.25, 0.3) is 22.8 Å². The molecule has 0 amide bonds. The molecule has 0 aliphatic carbocycles. The molecule has 0 unspecified atom stereocenters. The lowest BCUT2D eigenvalue weighted by atomic mass is 10.2. The summed E-state index contributed by atoms with van der Waals surface area (Å²) >= 11 is 0. The molecule has 0 saturated heterocycles. The van der Waals surface area contributed by atoms with Crippen LogP contribution in [0, 0.1) is 10.1 Å². The maximum atomic E-state index is 11.0. The summed E-state index contributed by atoms with van der Waals surface area (Å²) in [5, 5.41) is 24.2. The molecule has 0 atom stereocenters. The number of phenols is 1. The second-order valence-corrected chi connectivity index (χ2v) is 4.25. The lowest BCUT2D eigenvalue weighted by Crippen LogP contribution is -1.91. The van der Waals surface area contributed by atoms with Crippen LogP contribution in [-0.4, -0.2) is 20.2 Å². The predicted molar refractivity (Wildman–Crippen MR) is 73.5 cm³/mol. The van der Waals surface area contributed by atoms with Crippen molar-refractivity contribution >= 4 is 5.69 Å². The van der Waals surface area contributed by atoms with Crippen molar-refractivity contribution in [2.75, 3.05) is 0 Å². The van der Waals surface area contributed by atoms with Gasteiger partial charge < -0.3 is 9.63 Å². The lowest BCUT2D eigenvalue weighted by molar-refractivity contribution is -0.384. The van der Waals surface area contributed by atoms with E-state index in [0.717, 1.165) is 0 Å². The molecule has 0 bridgehead atoms. The van der Waals surface area contributed by atoms with E-state index in [1.54, 1.807) is 24.3 Å². The van der Waals surface area contributed by atoms with Crippen LogP contribution in [0.1, 0.15) is 0 Å². The van der Waals surface area contributed by atoms with Gasteiger partial charge in [0, 0.05) is 11.6 Å². The lowest BCUT2D eigenvalue weighted by Gasteiger charge is -1.96. The van der Waals surface area contributed by atoms with Crippen LogP contribution >= 0.6 is 0 Å². The van der Waals surface area contributed by atoms with Crippen LogP contribution in [0.3, 0.4) is 0 Å². The average molecular weight is 283 g/mol. The van der Waals surface area contributed by atoms with Crippen molar-refractivity contribution < 1.29 is 14.6 Å². The van der Waals surface area contributed by atoms with E-state index >= 15 is 0 Å². The molecule has 0 fully saturated rings. The Bertz CT molecular complexity index is 813. The maximum Gasteiger partial charge on any atom is 0.282 e. The average Bonchev–Trinajstić information content (AvgIpc) is 2.97. The summed E-state index contributed by atoms with van der Waals surface area (Å²) in [6, 6.07) is 12.5. The molecule has 3 aromatic rings. The number of nitrogens with zero attached hydrogens (tertiary/aromatic N) is 3. The van der Waals surface area contributed by atoms with Crippen molar-refractivity contribution in [2.45, 2.75) is 0 Å². The molecule has 0 aliphatic heterocycles. The van der Waals surface area contributed by atoms with Gasteiger partial charge in [-0.2, -0.15) is 4.98 Å². The van der Waals surface area contributed by atoms with Crippen molar-refractivity contribution in [3.05, 3.63) is 58.6 Å². The molecule has 0 saturated carbocycles. The van der Waals surface area contributed by atoms with E-state index < -0.39 is 4.92 Å².